The van der Waals surface area contributed by atoms with Crippen LogP contribution in [-0.4, -0.2) is 32.0 Å². The van der Waals surface area contributed by atoms with Gasteiger partial charge in [-0.05, 0) is 52.9 Å². The van der Waals surface area contributed by atoms with E-state index in [1.807, 2.05) is 25.1 Å². The number of guanidine groups is 1. The van der Waals surface area contributed by atoms with Crippen LogP contribution in [-0.2, 0) is 6.54 Å². The Morgan fingerprint density at radius 3 is 2.73 bits per heavy atom. The average molecular weight is 486 g/mol. The van der Waals surface area contributed by atoms with Gasteiger partial charge in [0.05, 0.1) is 6.54 Å². The number of carbonyl (C=O) groups excluding carboxylic acids is 1. The Hall–Kier alpha value is -1.61. The third-order valence-electron chi connectivity index (χ3n) is 3.87. The number of halogens is 1. The molecule has 7 heteroatoms. The monoisotopic (exact) mass is 486 g/mol. The first-order valence-electron chi connectivity index (χ1n) is 8.49. The zero-order valence-corrected chi connectivity index (χ0v) is 18.6. The standard InChI is InChI=1S/C19H26N4OS.HI/c1-4-21-19(22-11-14(2)17-8-9-25-13-17)23-12-15-6-5-7-16(10-15)18(24)20-3;/h5-10,13-14H,4,11-12H2,1-3H3,(H,20,24)(H2,21,22,23);1H. The minimum atomic E-state index is -0.0829. The van der Waals surface area contributed by atoms with Crippen LogP contribution in [0.4, 0.5) is 0 Å². The highest BCUT2D eigenvalue weighted by Gasteiger charge is 2.07. The molecule has 1 heterocycles. The van der Waals surface area contributed by atoms with Crippen molar-refractivity contribution in [3.63, 3.8) is 0 Å². The van der Waals surface area contributed by atoms with Crippen LogP contribution in [0.25, 0.3) is 0 Å². The molecule has 0 saturated carbocycles. The molecule has 0 bridgehead atoms. The minimum absolute atomic E-state index is 0. The number of nitrogens with zero attached hydrogens (tertiary/aromatic N) is 1. The number of thiophene rings is 1. The van der Waals surface area contributed by atoms with Crippen molar-refractivity contribution in [3.8, 4) is 0 Å². The van der Waals surface area contributed by atoms with Gasteiger partial charge < -0.3 is 16.0 Å². The molecule has 1 atom stereocenters. The maximum atomic E-state index is 11.7. The van der Waals surface area contributed by atoms with E-state index in [1.54, 1.807) is 24.5 Å². The maximum Gasteiger partial charge on any atom is 0.251 e. The van der Waals surface area contributed by atoms with Crippen LogP contribution in [0, 0.1) is 0 Å². The number of rotatable bonds is 7. The van der Waals surface area contributed by atoms with Gasteiger partial charge in [-0.3, -0.25) is 4.79 Å². The van der Waals surface area contributed by atoms with Crippen LogP contribution < -0.4 is 16.0 Å². The number of benzene rings is 1. The Labute approximate surface area is 176 Å². The number of carbonyl (C=O) groups is 1. The lowest BCUT2D eigenvalue weighted by Gasteiger charge is -2.15. The molecular weight excluding hydrogens is 459 g/mol. The minimum Gasteiger partial charge on any atom is -0.357 e. The molecular formula is C19H27IN4OS. The van der Waals surface area contributed by atoms with Crippen LogP contribution in [0.15, 0.2) is 46.1 Å². The lowest BCUT2D eigenvalue weighted by atomic mass is 10.1. The topological polar surface area (TPSA) is 65.5 Å². The average Bonchev–Trinajstić information content (AvgIpc) is 3.18. The number of hydrogen-bond acceptors (Lipinski definition) is 3. The van der Waals surface area contributed by atoms with E-state index in [1.165, 1.54) is 5.56 Å². The molecule has 1 unspecified atom stereocenters. The molecule has 0 spiro atoms. The highest BCUT2D eigenvalue weighted by atomic mass is 127. The van der Waals surface area contributed by atoms with Crippen LogP contribution in [0.5, 0.6) is 0 Å². The molecule has 0 saturated heterocycles. The van der Waals surface area contributed by atoms with Gasteiger partial charge in [0.2, 0.25) is 0 Å². The Morgan fingerprint density at radius 1 is 1.27 bits per heavy atom. The summed E-state index contributed by atoms with van der Waals surface area (Å²) in [6.45, 7) is 6.39. The van der Waals surface area contributed by atoms with Gasteiger partial charge in [-0.25, -0.2) is 4.99 Å². The summed E-state index contributed by atoms with van der Waals surface area (Å²) >= 11 is 1.72. The first-order valence-corrected chi connectivity index (χ1v) is 9.43. The Kier molecular flexibility index (Phi) is 10.3. The second-order valence-electron chi connectivity index (χ2n) is 5.81. The smallest absolute Gasteiger partial charge is 0.251 e. The molecule has 3 N–H and O–H groups in total. The largest absolute Gasteiger partial charge is 0.357 e. The maximum absolute atomic E-state index is 11.7. The van der Waals surface area contributed by atoms with Crippen molar-refractivity contribution in [1.29, 1.82) is 0 Å². The summed E-state index contributed by atoms with van der Waals surface area (Å²) in [5, 5.41) is 13.6. The van der Waals surface area contributed by atoms with E-state index in [2.05, 4.69) is 44.7 Å². The normalized spacial score (nSPS) is 12.0. The summed E-state index contributed by atoms with van der Waals surface area (Å²) in [7, 11) is 1.63. The van der Waals surface area contributed by atoms with E-state index in [-0.39, 0.29) is 29.9 Å². The van der Waals surface area contributed by atoms with Gasteiger partial charge in [0.1, 0.15) is 0 Å². The quantitative estimate of drug-likeness (QED) is 0.319. The number of aliphatic imine (C=N–C) groups is 1. The molecule has 0 fully saturated rings. The van der Waals surface area contributed by atoms with Crippen molar-refractivity contribution in [2.75, 3.05) is 20.1 Å². The van der Waals surface area contributed by atoms with E-state index < -0.39 is 0 Å². The molecule has 142 valence electrons. The SMILES string of the molecule is CCNC(=NCc1cccc(C(=O)NC)c1)NCC(C)c1ccsc1.I. The van der Waals surface area contributed by atoms with E-state index in [0.717, 1.165) is 24.6 Å². The molecule has 0 aliphatic heterocycles. The fourth-order valence-corrected chi connectivity index (χ4v) is 3.17. The van der Waals surface area contributed by atoms with Crippen molar-refractivity contribution in [1.82, 2.24) is 16.0 Å². The van der Waals surface area contributed by atoms with Gasteiger partial charge >= 0.3 is 0 Å². The third-order valence-corrected chi connectivity index (χ3v) is 4.57. The van der Waals surface area contributed by atoms with Gasteiger partial charge in [0, 0.05) is 25.7 Å². The van der Waals surface area contributed by atoms with Gasteiger partial charge in [-0.1, -0.05) is 19.1 Å². The molecule has 0 aliphatic rings. The van der Waals surface area contributed by atoms with Crippen molar-refractivity contribution in [2.24, 2.45) is 4.99 Å². The second kappa shape index (κ2) is 11.9. The van der Waals surface area contributed by atoms with Gasteiger partial charge in [-0.15, -0.1) is 24.0 Å². The van der Waals surface area contributed by atoms with E-state index in [9.17, 15) is 4.79 Å². The highest BCUT2D eigenvalue weighted by molar-refractivity contribution is 14.0. The van der Waals surface area contributed by atoms with Crippen molar-refractivity contribution in [2.45, 2.75) is 26.3 Å². The van der Waals surface area contributed by atoms with E-state index >= 15 is 0 Å². The van der Waals surface area contributed by atoms with Gasteiger partial charge in [0.15, 0.2) is 5.96 Å². The Balaban J connectivity index is 0.00000338. The van der Waals surface area contributed by atoms with Crippen molar-refractivity contribution in [3.05, 3.63) is 57.8 Å². The molecule has 0 radical (unpaired) electrons. The first kappa shape index (κ1) is 22.4. The highest BCUT2D eigenvalue weighted by Crippen LogP contribution is 2.17. The van der Waals surface area contributed by atoms with Gasteiger partial charge in [-0.2, -0.15) is 11.3 Å². The summed E-state index contributed by atoms with van der Waals surface area (Å²) in [6, 6.07) is 9.70. The molecule has 1 aromatic heterocycles. The fourth-order valence-electron chi connectivity index (χ4n) is 2.39. The zero-order chi connectivity index (χ0) is 18.1. The molecule has 2 rings (SSSR count). The molecule has 0 aliphatic carbocycles. The van der Waals surface area contributed by atoms with E-state index in [0.29, 0.717) is 18.0 Å². The van der Waals surface area contributed by atoms with Gasteiger partial charge in [0.25, 0.3) is 5.91 Å². The molecule has 1 aromatic carbocycles. The van der Waals surface area contributed by atoms with Crippen LogP contribution in [0.2, 0.25) is 0 Å². The summed E-state index contributed by atoms with van der Waals surface area (Å²) in [4.78, 5) is 16.4. The van der Waals surface area contributed by atoms with Crippen LogP contribution in [0.3, 0.4) is 0 Å². The Bertz CT molecular complexity index is 703. The number of nitrogens with one attached hydrogen (secondary N) is 3. The summed E-state index contributed by atoms with van der Waals surface area (Å²) < 4.78 is 0. The number of amides is 1. The molecule has 26 heavy (non-hydrogen) atoms. The van der Waals surface area contributed by atoms with Crippen molar-refractivity contribution >= 4 is 47.2 Å². The Morgan fingerprint density at radius 2 is 2.08 bits per heavy atom. The predicted molar refractivity (Wildman–Crippen MR) is 121 cm³/mol. The van der Waals surface area contributed by atoms with Crippen LogP contribution in [0.1, 0.15) is 41.3 Å². The fraction of sp³-hybridized carbons (Fsp3) is 0.368. The molecule has 2 aromatic rings. The van der Waals surface area contributed by atoms with E-state index in [4.69, 9.17) is 0 Å². The zero-order valence-electron chi connectivity index (χ0n) is 15.4. The summed E-state index contributed by atoms with van der Waals surface area (Å²) in [5.74, 6) is 1.13. The first-order chi connectivity index (χ1) is 12.1. The number of hydrogen-bond donors (Lipinski definition) is 3. The predicted octanol–water partition coefficient (Wildman–Crippen LogP) is 3.58. The molecule has 5 nitrogen and oxygen atoms in total. The lowest BCUT2D eigenvalue weighted by molar-refractivity contribution is 0.0963. The van der Waals surface area contributed by atoms with Crippen LogP contribution >= 0.6 is 35.3 Å². The third kappa shape index (κ3) is 6.95. The molecule has 1 amide bonds. The second-order valence-corrected chi connectivity index (χ2v) is 6.59. The van der Waals surface area contributed by atoms with Crippen molar-refractivity contribution < 1.29 is 4.79 Å². The lowest BCUT2D eigenvalue weighted by Crippen LogP contribution is -2.39. The summed E-state index contributed by atoms with van der Waals surface area (Å²) in [5.41, 5.74) is 3.00. The summed E-state index contributed by atoms with van der Waals surface area (Å²) in [6.07, 6.45) is 0.